The highest BCUT2D eigenvalue weighted by Crippen LogP contribution is 2.33. The van der Waals surface area contributed by atoms with Gasteiger partial charge in [-0.3, -0.25) is 9.69 Å². The van der Waals surface area contributed by atoms with E-state index in [1.807, 2.05) is 19.9 Å². The summed E-state index contributed by atoms with van der Waals surface area (Å²) in [4.78, 5) is 42.2. The molecule has 39 heavy (non-hydrogen) atoms. The molecule has 11 heteroatoms. The first-order chi connectivity index (χ1) is 19.0. The van der Waals surface area contributed by atoms with E-state index in [-0.39, 0.29) is 29.9 Å². The Morgan fingerprint density at radius 1 is 1.13 bits per heavy atom. The van der Waals surface area contributed by atoms with Crippen LogP contribution in [-0.4, -0.2) is 94.9 Å². The summed E-state index contributed by atoms with van der Waals surface area (Å²) >= 11 is 0. The fourth-order valence-electron chi connectivity index (χ4n) is 5.92. The summed E-state index contributed by atoms with van der Waals surface area (Å²) in [7, 11) is 0. The van der Waals surface area contributed by atoms with Gasteiger partial charge in [-0.1, -0.05) is 6.42 Å². The number of hydrogen-bond acceptors (Lipinski definition) is 6. The Balaban J connectivity index is 1.38. The van der Waals surface area contributed by atoms with Gasteiger partial charge in [0.1, 0.15) is 6.61 Å². The average molecular weight is 542 g/mol. The van der Waals surface area contributed by atoms with Crippen LogP contribution < -0.4 is 15.7 Å². The number of pyridine rings is 1. The maximum atomic E-state index is 13.1. The van der Waals surface area contributed by atoms with Gasteiger partial charge in [0, 0.05) is 43.7 Å². The molecule has 3 aliphatic rings. The van der Waals surface area contributed by atoms with E-state index in [9.17, 15) is 9.59 Å². The molecule has 4 heterocycles. The van der Waals surface area contributed by atoms with Crippen LogP contribution in [-0.2, 0) is 9.53 Å². The molecule has 0 radical (unpaired) electrons. The van der Waals surface area contributed by atoms with Gasteiger partial charge in [-0.15, -0.1) is 0 Å². The molecule has 3 fully saturated rings. The van der Waals surface area contributed by atoms with E-state index < -0.39 is 0 Å². The number of amides is 3. The number of H-pyrrole nitrogens is 1. The van der Waals surface area contributed by atoms with Crippen molar-refractivity contribution < 1.29 is 19.1 Å². The van der Waals surface area contributed by atoms with Gasteiger partial charge in [0.05, 0.1) is 30.4 Å². The van der Waals surface area contributed by atoms with Crippen molar-refractivity contribution in [1.82, 2.24) is 29.7 Å². The van der Waals surface area contributed by atoms with Crippen LogP contribution in [0.4, 0.5) is 4.79 Å². The zero-order chi connectivity index (χ0) is 27.2. The summed E-state index contributed by atoms with van der Waals surface area (Å²) in [6, 6.07) is 1.93. The minimum absolute atomic E-state index is 0.0141. The Morgan fingerprint density at radius 3 is 2.59 bits per heavy atom. The van der Waals surface area contributed by atoms with Crippen LogP contribution >= 0.6 is 0 Å². The van der Waals surface area contributed by atoms with E-state index in [1.54, 1.807) is 11.1 Å². The van der Waals surface area contributed by atoms with Gasteiger partial charge in [0.2, 0.25) is 17.4 Å². The van der Waals surface area contributed by atoms with E-state index in [2.05, 4.69) is 29.7 Å². The van der Waals surface area contributed by atoms with Gasteiger partial charge in [0.15, 0.2) is 0 Å². The number of rotatable bonds is 7. The van der Waals surface area contributed by atoms with Crippen molar-refractivity contribution in [3.63, 3.8) is 0 Å². The first-order valence-corrected chi connectivity index (χ1v) is 14.6. The van der Waals surface area contributed by atoms with E-state index in [0.29, 0.717) is 44.4 Å². The number of hydrogen-bond donors (Lipinski definition) is 2. The summed E-state index contributed by atoms with van der Waals surface area (Å²) in [6.07, 6.45) is 8.84. The third kappa shape index (κ3) is 7.00. The average Bonchev–Trinajstić information content (AvgIpc) is 3.30. The molecule has 2 aromatic heterocycles. The second-order valence-electron chi connectivity index (χ2n) is 11.3. The second-order valence-corrected chi connectivity index (χ2v) is 11.3. The Hall–Kier alpha value is -2.92. The number of fused-ring (bicyclic) bond motifs is 1. The SMILES string of the molecule is CC(C)NC(=O)[C@H]1CC[C@@H](n2/c(=N/C(=O)N3CCOCC3)[nH]c3cnc(OCCN4CCCCC4)cc32)CC1. The molecule has 5 rings (SSSR count). The fourth-order valence-corrected chi connectivity index (χ4v) is 5.92. The lowest BCUT2D eigenvalue weighted by Gasteiger charge is -2.29. The molecule has 1 saturated carbocycles. The molecular weight excluding hydrogens is 498 g/mol. The van der Waals surface area contributed by atoms with E-state index >= 15 is 0 Å². The van der Waals surface area contributed by atoms with Crippen LogP contribution in [0.3, 0.4) is 0 Å². The molecule has 3 amide bonds. The van der Waals surface area contributed by atoms with Gasteiger partial charge < -0.3 is 29.2 Å². The molecule has 2 aliphatic heterocycles. The number of carbonyl (C=O) groups is 2. The van der Waals surface area contributed by atoms with E-state index in [4.69, 9.17) is 9.47 Å². The van der Waals surface area contributed by atoms with Crippen molar-refractivity contribution in [2.75, 3.05) is 52.5 Å². The first kappa shape index (κ1) is 27.6. The van der Waals surface area contributed by atoms with Crippen molar-refractivity contribution >= 4 is 23.0 Å². The van der Waals surface area contributed by atoms with Crippen LogP contribution in [0.1, 0.15) is 64.8 Å². The smallest absolute Gasteiger partial charge is 0.346 e. The minimum Gasteiger partial charge on any atom is -0.476 e. The van der Waals surface area contributed by atoms with E-state index in [1.165, 1.54) is 19.3 Å². The van der Waals surface area contributed by atoms with Gasteiger partial charge in [0.25, 0.3) is 0 Å². The number of nitrogens with one attached hydrogen (secondary N) is 2. The molecule has 2 saturated heterocycles. The topological polar surface area (TPSA) is 117 Å². The maximum absolute atomic E-state index is 13.1. The third-order valence-electron chi connectivity index (χ3n) is 8.04. The summed E-state index contributed by atoms with van der Waals surface area (Å²) in [5, 5.41) is 3.06. The number of imidazole rings is 1. The Bertz CT molecular complexity index is 1190. The molecule has 0 unspecified atom stereocenters. The second kappa shape index (κ2) is 13.0. The zero-order valence-electron chi connectivity index (χ0n) is 23.4. The van der Waals surface area contributed by atoms with Crippen molar-refractivity contribution in [3.8, 4) is 5.88 Å². The molecule has 11 nitrogen and oxygen atoms in total. The molecule has 1 aliphatic carbocycles. The number of ether oxygens (including phenoxy) is 2. The molecule has 214 valence electrons. The number of carbonyl (C=O) groups excluding carboxylic acids is 2. The highest BCUT2D eigenvalue weighted by Gasteiger charge is 2.29. The molecule has 0 aromatic carbocycles. The van der Waals surface area contributed by atoms with Crippen LogP contribution in [0.15, 0.2) is 17.3 Å². The lowest BCUT2D eigenvalue weighted by Crippen LogP contribution is -2.41. The van der Waals surface area contributed by atoms with Crippen molar-refractivity contribution in [2.45, 2.75) is 70.9 Å². The van der Waals surface area contributed by atoms with Crippen molar-refractivity contribution in [3.05, 3.63) is 17.9 Å². The van der Waals surface area contributed by atoms with Gasteiger partial charge in [-0.25, -0.2) is 9.78 Å². The maximum Gasteiger partial charge on any atom is 0.346 e. The standard InChI is InChI=1S/C28H43N7O4/c1-20(2)30-26(36)21-6-8-22(9-7-21)35-24-18-25(39-17-12-33-10-4-3-5-11-33)29-19-23(24)31-27(35)32-28(37)34-13-15-38-16-14-34/h18-22H,3-17H2,1-2H3,(H,30,36)(H,31,32,37)/t21-,22+. The highest BCUT2D eigenvalue weighted by molar-refractivity contribution is 5.79. The van der Waals surface area contributed by atoms with Crippen LogP contribution in [0.5, 0.6) is 5.88 Å². The number of urea groups is 1. The van der Waals surface area contributed by atoms with Crippen LogP contribution in [0.2, 0.25) is 0 Å². The van der Waals surface area contributed by atoms with Crippen molar-refractivity contribution in [1.29, 1.82) is 0 Å². The lowest BCUT2D eigenvalue weighted by molar-refractivity contribution is -0.126. The van der Waals surface area contributed by atoms with Crippen LogP contribution in [0, 0.1) is 5.92 Å². The summed E-state index contributed by atoms with van der Waals surface area (Å²) in [5.74, 6) is 0.719. The number of piperidine rings is 1. The number of likely N-dealkylation sites (tertiary alicyclic amines) is 1. The molecule has 0 atom stereocenters. The van der Waals surface area contributed by atoms with Crippen molar-refractivity contribution in [2.24, 2.45) is 10.9 Å². The predicted molar refractivity (Wildman–Crippen MR) is 147 cm³/mol. The monoisotopic (exact) mass is 541 g/mol. The molecule has 2 aromatic rings. The first-order valence-electron chi connectivity index (χ1n) is 14.6. The Kier molecular flexibility index (Phi) is 9.18. The zero-order valence-corrected chi connectivity index (χ0v) is 23.4. The number of aromatic nitrogens is 3. The quantitative estimate of drug-likeness (QED) is 0.557. The fraction of sp³-hybridized carbons (Fsp3) is 0.714. The lowest BCUT2D eigenvalue weighted by atomic mass is 9.85. The highest BCUT2D eigenvalue weighted by atomic mass is 16.5. The summed E-state index contributed by atoms with van der Waals surface area (Å²) < 4.78 is 13.6. The molecule has 0 bridgehead atoms. The number of aromatic amines is 1. The molecular formula is C28H43N7O4. The van der Waals surface area contributed by atoms with Crippen LogP contribution in [0.25, 0.3) is 11.0 Å². The number of morpholine rings is 1. The van der Waals surface area contributed by atoms with Gasteiger partial charge in [-0.2, -0.15) is 4.99 Å². The van der Waals surface area contributed by atoms with Gasteiger partial charge >= 0.3 is 6.03 Å². The summed E-state index contributed by atoms with van der Waals surface area (Å²) in [6.45, 7) is 9.85. The summed E-state index contributed by atoms with van der Waals surface area (Å²) in [5.41, 5.74) is 2.25. The largest absolute Gasteiger partial charge is 0.476 e. The molecule has 0 spiro atoms. The normalized spacial score (nSPS) is 23.4. The Morgan fingerprint density at radius 2 is 1.87 bits per heavy atom. The van der Waals surface area contributed by atoms with Gasteiger partial charge in [-0.05, 0) is 65.5 Å². The van der Waals surface area contributed by atoms with E-state index in [0.717, 1.165) is 56.4 Å². The Labute approximate surface area is 229 Å². The molecule has 2 N–H and O–H groups in total. The number of nitrogens with zero attached hydrogens (tertiary/aromatic N) is 5. The minimum atomic E-state index is -0.269. The third-order valence-corrected chi connectivity index (χ3v) is 8.04. The predicted octanol–water partition coefficient (Wildman–Crippen LogP) is 2.84.